The van der Waals surface area contributed by atoms with E-state index in [2.05, 4.69) is 0 Å². The van der Waals surface area contributed by atoms with Gasteiger partial charge in [0.1, 0.15) is 35.2 Å². The maximum atomic E-state index is 14.5. The van der Waals surface area contributed by atoms with Gasteiger partial charge in [-0.2, -0.15) is 4.39 Å². The first kappa shape index (κ1) is 30.1. The van der Waals surface area contributed by atoms with Gasteiger partial charge in [0.05, 0.1) is 27.0 Å². The lowest BCUT2D eigenvalue weighted by Crippen LogP contribution is -2.52. The van der Waals surface area contributed by atoms with Gasteiger partial charge >= 0.3 is 13.5 Å². The maximum Gasteiger partial charge on any atom is 0.587 e. The number of ether oxygens (including phenoxy) is 3. The molecule has 17 heteroatoms. The van der Waals surface area contributed by atoms with Gasteiger partial charge in [-0.25, -0.2) is 18.1 Å². The van der Waals surface area contributed by atoms with Crippen molar-refractivity contribution < 1.29 is 55.7 Å². The predicted molar refractivity (Wildman–Crippen MR) is 133 cm³/mol. The molecule has 1 saturated heterocycles. The fourth-order valence-electron chi connectivity index (χ4n) is 3.83. The highest BCUT2D eigenvalue weighted by molar-refractivity contribution is 7.49. The standard InChI is InChI=1S/C24H24F3N2O11P/c1-35-13-3-7-15(8-4-13)39-41(34,40-16-9-5-14(36-2)6-10-16)37-12-24(22(26)27)19(31)18(30)21(38-24)29-11-17(25)20(32)28-23(29)33/h3-11,18-19,21-22,30-31H,12H2,1-2H3,(H,28,32,33)/t18-,19+,21-,24-/m1/s1. The number of aromatic amines is 1. The number of alkyl halides is 2. The highest BCUT2D eigenvalue weighted by Gasteiger charge is 2.62. The number of phosphoric ester groups is 1. The number of halogens is 3. The SMILES string of the molecule is COc1ccc(OP(=O)(OC[C@@]2(C(F)F)O[C@@H](n3cc(F)c(=O)[nH]c3=O)[C@H](O)[C@@H]2O)Oc2ccc(OC)cc2)cc1. The van der Waals surface area contributed by atoms with E-state index in [0.29, 0.717) is 17.7 Å². The number of hydrogen-bond donors (Lipinski definition) is 3. The van der Waals surface area contributed by atoms with Crippen molar-refractivity contribution >= 4 is 7.82 Å². The zero-order chi connectivity index (χ0) is 29.9. The molecule has 0 aliphatic carbocycles. The minimum absolute atomic E-state index is 0.0881. The molecule has 0 spiro atoms. The molecule has 1 aliphatic rings. The summed E-state index contributed by atoms with van der Waals surface area (Å²) in [6.45, 7) is -1.41. The van der Waals surface area contributed by atoms with E-state index < -0.39 is 62.0 Å². The minimum Gasteiger partial charge on any atom is -0.497 e. The van der Waals surface area contributed by atoms with E-state index >= 15 is 0 Å². The van der Waals surface area contributed by atoms with E-state index in [-0.39, 0.29) is 16.1 Å². The Morgan fingerprint density at radius 2 is 1.46 bits per heavy atom. The summed E-state index contributed by atoms with van der Waals surface area (Å²) in [6, 6.07) is 11.1. The molecule has 3 aromatic rings. The van der Waals surface area contributed by atoms with E-state index in [1.807, 2.05) is 0 Å². The molecule has 0 unspecified atom stereocenters. The highest BCUT2D eigenvalue weighted by Crippen LogP contribution is 2.52. The Kier molecular flexibility index (Phi) is 8.80. The van der Waals surface area contributed by atoms with Crippen LogP contribution in [0.1, 0.15) is 6.23 Å². The van der Waals surface area contributed by atoms with E-state index in [4.69, 9.17) is 27.8 Å². The summed E-state index contributed by atoms with van der Waals surface area (Å²) in [6.07, 6.45) is -10.1. The molecule has 4 rings (SSSR count). The molecule has 222 valence electrons. The van der Waals surface area contributed by atoms with Crippen molar-refractivity contribution in [3.63, 3.8) is 0 Å². The van der Waals surface area contributed by atoms with Gasteiger partial charge in [0, 0.05) is 0 Å². The summed E-state index contributed by atoms with van der Waals surface area (Å²) < 4.78 is 88.1. The molecule has 1 aromatic heterocycles. The summed E-state index contributed by atoms with van der Waals surface area (Å²) in [7, 11) is -2.06. The number of phosphoric acid groups is 1. The van der Waals surface area contributed by atoms with Crippen LogP contribution in [-0.4, -0.2) is 64.8 Å². The number of methoxy groups -OCH3 is 2. The lowest BCUT2D eigenvalue weighted by atomic mass is 9.96. The number of aromatic nitrogens is 2. The van der Waals surface area contributed by atoms with Gasteiger partial charge in [-0.1, -0.05) is 0 Å². The topological polar surface area (TPSA) is 168 Å². The summed E-state index contributed by atoms with van der Waals surface area (Å²) in [4.78, 5) is 25.1. The van der Waals surface area contributed by atoms with Crippen molar-refractivity contribution in [3.8, 4) is 23.0 Å². The van der Waals surface area contributed by atoms with Gasteiger partial charge in [-0.15, -0.1) is 0 Å². The molecule has 0 radical (unpaired) electrons. The predicted octanol–water partition coefficient (Wildman–Crippen LogP) is 2.23. The molecule has 4 atom stereocenters. The van der Waals surface area contributed by atoms with Gasteiger partial charge in [-0.3, -0.25) is 18.9 Å². The van der Waals surface area contributed by atoms with Gasteiger partial charge in [0.25, 0.3) is 12.0 Å². The normalized spacial score (nSPS) is 22.5. The first-order valence-electron chi connectivity index (χ1n) is 11.7. The van der Waals surface area contributed by atoms with Crippen LogP contribution in [0.5, 0.6) is 23.0 Å². The maximum absolute atomic E-state index is 14.5. The number of rotatable bonds is 11. The van der Waals surface area contributed by atoms with E-state index in [0.717, 1.165) is 0 Å². The Balaban J connectivity index is 1.65. The Morgan fingerprint density at radius 3 is 1.93 bits per heavy atom. The van der Waals surface area contributed by atoms with Crippen LogP contribution in [0.4, 0.5) is 13.2 Å². The molecule has 0 bridgehead atoms. The zero-order valence-electron chi connectivity index (χ0n) is 21.3. The first-order valence-corrected chi connectivity index (χ1v) is 13.1. The van der Waals surface area contributed by atoms with Crippen molar-refractivity contribution in [2.75, 3.05) is 20.8 Å². The molecule has 0 amide bonds. The summed E-state index contributed by atoms with van der Waals surface area (Å²) in [5.74, 6) is -0.842. The largest absolute Gasteiger partial charge is 0.587 e. The van der Waals surface area contributed by atoms with Crippen molar-refractivity contribution in [1.82, 2.24) is 9.55 Å². The van der Waals surface area contributed by atoms with Crippen LogP contribution in [0.2, 0.25) is 0 Å². The molecular formula is C24H24F3N2O11P. The Morgan fingerprint density at radius 1 is 0.976 bits per heavy atom. The number of nitrogens with zero attached hydrogens (tertiary/aromatic N) is 1. The molecular weight excluding hydrogens is 580 g/mol. The fraction of sp³-hybridized carbons (Fsp3) is 0.333. The second-order valence-corrected chi connectivity index (χ2v) is 10.1. The van der Waals surface area contributed by atoms with Gasteiger partial charge in [0.2, 0.25) is 5.82 Å². The van der Waals surface area contributed by atoms with Crippen LogP contribution in [0.15, 0.2) is 64.3 Å². The third-order valence-corrected chi connectivity index (χ3v) is 7.34. The average Bonchev–Trinajstić information content (AvgIpc) is 3.21. The van der Waals surface area contributed by atoms with Crippen LogP contribution in [0.25, 0.3) is 0 Å². The number of hydrogen-bond acceptors (Lipinski definition) is 11. The molecule has 41 heavy (non-hydrogen) atoms. The number of benzene rings is 2. The molecule has 13 nitrogen and oxygen atoms in total. The summed E-state index contributed by atoms with van der Waals surface area (Å²) in [5, 5.41) is 21.1. The Labute approximate surface area is 229 Å². The van der Waals surface area contributed by atoms with Crippen molar-refractivity contribution in [2.24, 2.45) is 0 Å². The summed E-state index contributed by atoms with van der Waals surface area (Å²) in [5.41, 5.74) is -5.86. The zero-order valence-corrected chi connectivity index (χ0v) is 22.2. The van der Waals surface area contributed by atoms with E-state index in [1.54, 1.807) is 4.98 Å². The lowest BCUT2D eigenvalue weighted by Gasteiger charge is -2.31. The van der Waals surface area contributed by atoms with E-state index in [9.17, 15) is 37.5 Å². The first-order chi connectivity index (χ1) is 19.4. The monoisotopic (exact) mass is 604 g/mol. The molecule has 3 N–H and O–H groups in total. The van der Waals surface area contributed by atoms with Crippen LogP contribution in [-0.2, 0) is 13.8 Å². The smallest absolute Gasteiger partial charge is 0.497 e. The number of H-pyrrole nitrogens is 1. The second-order valence-electron chi connectivity index (χ2n) is 8.60. The van der Waals surface area contributed by atoms with Gasteiger partial charge < -0.3 is 33.5 Å². The van der Waals surface area contributed by atoms with Crippen molar-refractivity contribution in [3.05, 3.63) is 81.4 Å². The average molecular weight is 604 g/mol. The number of aliphatic hydroxyl groups excluding tert-OH is 2. The number of aliphatic hydroxyl groups is 2. The molecule has 1 fully saturated rings. The Bertz CT molecular complexity index is 1460. The minimum atomic E-state index is -4.87. The fourth-order valence-corrected chi connectivity index (χ4v) is 5.09. The number of nitrogens with one attached hydrogen (secondary N) is 1. The molecule has 2 aromatic carbocycles. The second kappa shape index (κ2) is 12.0. The third kappa shape index (κ3) is 6.26. The Hall–Kier alpha value is -3.82. The van der Waals surface area contributed by atoms with Crippen LogP contribution in [0.3, 0.4) is 0 Å². The quantitative estimate of drug-likeness (QED) is 0.275. The van der Waals surface area contributed by atoms with Gasteiger partial charge in [-0.05, 0) is 48.5 Å². The molecule has 1 aliphatic heterocycles. The van der Waals surface area contributed by atoms with Gasteiger partial charge in [0.15, 0.2) is 11.8 Å². The van der Waals surface area contributed by atoms with Crippen molar-refractivity contribution in [2.45, 2.75) is 30.5 Å². The van der Waals surface area contributed by atoms with E-state index in [1.165, 1.54) is 62.8 Å². The van der Waals surface area contributed by atoms with Crippen LogP contribution >= 0.6 is 7.82 Å². The lowest BCUT2D eigenvalue weighted by molar-refractivity contribution is -0.193. The highest BCUT2D eigenvalue weighted by atomic mass is 31.2. The molecule has 0 saturated carbocycles. The van der Waals surface area contributed by atoms with Crippen molar-refractivity contribution in [1.29, 1.82) is 0 Å². The third-order valence-electron chi connectivity index (χ3n) is 6.03. The van der Waals surface area contributed by atoms with Crippen LogP contribution in [0, 0.1) is 5.82 Å². The summed E-state index contributed by atoms with van der Waals surface area (Å²) >= 11 is 0. The molecule has 2 heterocycles. The van der Waals surface area contributed by atoms with Crippen LogP contribution < -0.4 is 29.8 Å².